The highest BCUT2D eigenvalue weighted by molar-refractivity contribution is 7.80. The Balaban J connectivity index is 2.21. The molecule has 0 saturated carbocycles. The number of unbranched alkanes of at least 4 members (excludes halogenated alkanes) is 43. The number of carbonyl (C=O) groups is 1. The summed E-state index contributed by atoms with van der Waals surface area (Å²) in [5.41, 5.74) is 0. The van der Waals surface area contributed by atoms with Crippen LogP contribution in [0, 0.1) is 0 Å². The lowest BCUT2D eigenvalue weighted by Gasteiger charge is -2.41. The van der Waals surface area contributed by atoms with Crippen LogP contribution in [0.1, 0.15) is 316 Å². The molecule has 72 heavy (non-hydrogen) atoms. The number of ether oxygens (including phenoxy) is 2. The molecule has 430 valence electrons. The van der Waals surface area contributed by atoms with Gasteiger partial charge in [0.25, 0.3) is 0 Å². The van der Waals surface area contributed by atoms with Crippen LogP contribution in [0.5, 0.6) is 0 Å². The lowest BCUT2D eigenvalue weighted by Crippen LogP contribution is -2.61. The Labute approximate surface area is 443 Å². The standard InChI is InChI=1S/C59H117NO11S/c1-3-5-7-9-11-13-15-17-19-20-21-22-23-24-25-26-27-28-29-30-31-32-33-34-35-37-39-41-43-45-47-49-55(63)60-52(51-69-59-57(65)58(71-72(66,67)68)56(64)54(50-61)70-59)53(62)48-46-44-42-40-38-36-18-16-14-12-10-8-6-4-2/h52-54,56-59,61-62,64-65H,3-51H2,1-2H3,(H,60,63)(H,66,67,68). The molecule has 0 aromatic rings. The van der Waals surface area contributed by atoms with Crippen molar-refractivity contribution in [3.8, 4) is 0 Å². The fraction of sp³-hybridized carbons (Fsp3) is 0.983. The molecule has 1 aliphatic rings. The summed E-state index contributed by atoms with van der Waals surface area (Å²) in [4.78, 5) is 13.1. The van der Waals surface area contributed by atoms with Crippen molar-refractivity contribution >= 4 is 16.3 Å². The molecule has 1 fully saturated rings. The summed E-state index contributed by atoms with van der Waals surface area (Å²) >= 11 is 0. The number of nitrogens with one attached hydrogen (secondary N) is 1. The van der Waals surface area contributed by atoms with Gasteiger partial charge < -0.3 is 35.2 Å². The zero-order valence-electron chi connectivity index (χ0n) is 46.8. The molecule has 7 unspecified atom stereocenters. The molecule has 13 heteroatoms. The maximum Gasteiger partial charge on any atom is 0.397 e. The van der Waals surface area contributed by atoms with Gasteiger partial charge in [0.05, 0.1) is 25.4 Å². The first kappa shape index (κ1) is 69.1. The fourth-order valence-corrected chi connectivity index (χ4v) is 10.9. The molecule has 0 bridgehead atoms. The predicted octanol–water partition coefficient (Wildman–Crippen LogP) is 14.9. The second-order valence-electron chi connectivity index (χ2n) is 22.0. The lowest BCUT2D eigenvalue weighted by atomic mass is 9.99. The number of amides is 1. The van der Waals surface area contributed by atoms with Crippen LogP contribution >= 0.6 is 0 Å². The maximum atomic E-state index is 13.1. The summed E-state index contributed by atoms with van der Waals surface area (Å²) in [5, 5.41) is 45.1. The normalized spacial score (nSPS) is 19.2. The highest BCUT2D eigenvalue weighted by atomic mass is 32.3. The highest BCUT2D eigenvalue weighted by Crippen LogP contribution is 2.26. The zero-order chi connectivity index (χ0) is 52.6. The van der Waals surface area contributed by atoms with E-state index >= 15 is 0 Å². The summed E-state index contributed by atoms with van der Waals surface area (Å²) in [5.74, 6) is -0.222. The Morgan fingerprint density at radius 2 is 0.806 bits per heavy atom. The van der Waals surface area contributed by atoms with E-state index in [1.807, 2.05) is 0 Å². The molecule has 0 aliphatic carbocycles. The van der Waals surface area contributed by atoms with Gasteiger partial charge in [-0.2, -0.15) is 8.42 Å². The number of rotatable bonds is 55. The van der Waals surface area contributed by atoms with E-state index in [2.05, 4.69) is 23.3 Å². The van der Waals surface area contributed by atoms with Gasteiger partial charge in [0.2, 0.25) is 5.91 Å². The third kappa shape index (κ3) is 41.3. The summed E-state index contributed by atoms with van der Waals surface area (Å²) in [6.45, 7) is 3.50. The van der Waals surface area contributed by atoms with E-state index in [0.717, 1.165) is 51.4 Å². The topological polar surface area (TPSA) is 192 Å². The number of aliphatic hydroxyl groups excluding tert-OH is 4. The van der Waals surface area contributed by atoms with Gasteiger partial charge in [0, 0.05) is 6.42 Å². The molecule has 0 spiro atoms. The molecule has 1 rings (SSSR count). The Bertz CT molecular complexity index is 1280. The van der Waals surface area contributed by atoms with Crippen molar-refractivity contribution in [2.45, 2.75) is 358 Å². The third-order valence-corrected chi connectivity index (χ3v) is 15.6. The van der Waals surface area contributed by atoms with E-state index in [1.54, 1.807) is 0 Å². The molecule has 6 N–H and O–H groups in total. The first-order valence-electron chi connectivity index (χ1n) is 30.9. The Kier molecular flexibility index (Phi) is 47.7. The van der Waals surface area contributed by atoms with Crippen LogP contribution in [-0.4, -0.2) is 95.4 Å². The van der Waals surface area contributed by atoms with Crippen LogP contribution in [-0.2, 0) is 28.9 Å². The molecule has 7 atom stereocenters. The molecule has 12 nitrogen and oxygen atoms in total. The van der Waals surface area contributed by atoms with Crippen molar-refractivity contribution in [3.63, 3.8) is 0 Å². The minimum Gasteiger partial charge on any atom is -0.394 e. The fourth-order valence-electron chi connectivity index (χ4n) is 10.4. The van der Waals surface area contributed by atoms with Gasteiger partial charge in [0.1, 0.15) is 24.4 Å². The van der Waals surface area contributed by atoms with Gasteiger partial charge in [-0.15, -0.1) is 0 Å². The van der Waals surface area contributed by atoms with E-state index in [9.17, 15) is 38.2 Å². The lowest BCUT2D eigenvalue weighted by molar-refractivity contribution is -0.298. The van der Waals surface area contributed by atoms with Gasteiger partial charge in [-0.1, -0.05) is 296 Å². The van der Waals surface area contributed by atoms with Gasteiger partial charge in [-0.3, -0.25) is 9.35 Å². The quantitative estimate of drug-likeness (QED) is 0.0251. The van der Waals surface area contributed by atoms with Crippen molar-refractivity contribution in [2.75, 3.05) is 13.2 Å². The van der Waals surface area contributed by atoms with Gasteiger partial charge >= 0.3 is 10.4 Å². The maximum absolute atomic E-state index is 13.1. The summed E-state index contributed by atoms with van der Waals surface area (Å²) in [6, 6.07) is -0.853. The summed E-state index contributed by atoms with van der Waals surface area (Å²) in [7, 11) is -5.08. The largest absolute Gasteiger partial charge is 0.397 e. The van der Waals surface area contributed by atoms with E-state index in [1.165, 1.54) is 238 Å². The van der Waals surface area contributed by atoms with E-state index in [0.29, 0.717) is 12.8 Å². The SMILES string of the molecule is CCCCCCCCCCCCCCCCCCCCCCCCCCCCCCCCCC(=O)NC(COC1OC(CO)C(O)C(OS(=O)(=O)O)C1O)C(O)CCCCCCCCCCCCCCCC. The molecule has 0 aromatic heterocycles. The molecule has 1 saturated heterocycles. The molecule has 1 heterocycles. The average molecular weight is 1050 g/mol. The van der Waals surface area contributed by atoms with Crippen molar-refractivity contribution < 1.29 is 51.8 Å². The van der Waals surface area contributed by atoms with Crippen LogP contribution in [0.3, 0.4) is 0 Å². The number of aliphatic hydroxyl groups is 4. The van der Waals surface area contributed by atoms with E-state index in [4.69, 9.17) is 9.47 Å². The monoisotopic (exact) mass is 1050 g/mol. The molecule has 1 aliphatic heterocycles. The first-order chi connectivity index (χ1) is 35.0. The van der Waals surface area contributed by atoms with Crippen LogP contribution < -0.4 is 5.32 Å². The third-order valence-electron chi connectivity index (χ3n) is 15.2. The van der Waals surface area contributed by atoms with Gasteiger partial charge in [0.15, 0.2) is 6.29 Å². The minimum absolute atomic E-state index is 0.222. The van der Waals surface area contributed by atoms with Gasteiger partial charge in [-0.05, 0) is 12.8 Å². The summed E-state index contributed by atoms with van der Waals surface area (Å²) in [6.07, 6.45) is 49.9. The second-order valence-corrected chi connectivity index (χ2v) is 23.1. The zero-order valence-corrected chi connectivity index (χ0v) is 47.6. The second kappa shape index (κ2) is 49.7. The first-order valence-corrected chi connectivity index (χ1v) is 32.3. The van der Waals surface area contributed by atoms with Crippen LogP contribution in [0.25, 0.3) is 0 Å². The number of carbonyl (C=O) groups excluding carboxylic acids is 1. The smallest absolute Gasteiger partial charge is 0.394 e. The van der Waals surface area contributed by atoms with E-state index in [-0.39, 0.29) is 12.5 Å². The minimum atomic E-state index is -5.08. The molecular weight excluding hydrogens is 931 g/mol. The number of hydrogen-bond acceptors (Lipinski definition) is 10. The van der Waals surface area contributed by atoms with Crippen molar-refractivity contribution in [2.24, 2.45) is 0 Å². The molecule has 0 aromatic carbocycles. The number of hydrogen-bond donors (Lipinski definition) is 6. The molecule has 1 amide bonds. The van der Waals surface area contributed by atoms with Crippen LogP contribution in [0.4, 0.5) is 0 Å². The summed E-state index contributed by atoms with van der Waals surface area (Å²) < 4.78 is 47.9. The Morgan fingerprint density at radius 1 is 0.500 bits per heavy atom. The van der Waals surface area contributed by atoms with Gasteiger partial charge in [-0.25, -0.2) is 4.18 Å². The Morgan fingerprint density at radius 3 is 1.11 bits per heavy atom. The molecular formula is C59H117NO11S. The predicted molar refractivity (Wildman–Crippen MR) is 296 cm³/mol. The van der Waals surface area contributed by atoms with Crippen LogP contribution in [0.15, 0.2) is 0 Å². The average Bonchev–Trinajstić information content (AvgIpc) is 3.36. The van der Waals surface area contributed by atoms with Crippen molar-refractivity contribution in [1.29, 1.82) is 0 Å². The van der Waals surface area contributed by atoms with Crippen molar-refractivity contribution in [3.05, 3.63) is 0 Å². The highest BCUT2D eigenvalue weighted by Gasteiger charge is 2.48. The Hall–Kier alpha value is -0.900. The molecule has 0 radical (unpaired) electrons. The van der Waals surface area contributed by atoms with E-state index < -0.39 is 59.9 Å². The van der Waals surface area contributed by atoms with Crippen molar-refractivity contribution in [1.82, 2.24) is 5.32 Å². The van der Waals surface area contributed by atoms with Crippen LogP contribution in [0.2, 0.25) is 0 Å².